The summed E-state index contributed by atoms with van der Waals surface area (Å²) in [7, 11) is 2.04. The first kappa shape index (κ1) is 11.6. The number of rotatable bonds is 2. The average Bonchev–Trinajstić information content (AvgIpc) is 2.27. The van der Waals surface area contributed by atoms with Crippen LogP contribution in [0.15, 0.2) is 24.3 Å². The number of hydrogen-bond donors (Lipinski definition) is 1. The van der Waals surface area contributed by atoms with Gasteiger partial charge in [0.05, 0.1) is 5.60 Å². The quantitative estimate of drug-likeness (QED) is 0.826. The first-order valence-electron chi connectivity index (χ1n) is 5.73. The molecule has 1 aromatic carbocycles. The molecule has 1 N–H and O–H groups in total. The molecule has 1 fully saturated rings. The van der Waals surface area contributed by atoms with Gasteiger partial charge in [-0.05, 0) is 31.5 Å². The van der Waals surface area contributed by atoms with Gasteiger partial charge in [0.25, 0.3) is 0 Å². The van der Waals surface area contributed by atoms with Crippen molar-refractivity contribution in [1.82, 2.24) is 4.90 Å². The lowest BCUT2D eigenvalue weighted by atomic mass is 9.85. The predicted molar refractivity (Wildman–Crippen MR) is 61.8 cm³/mol. The van der Waals surface area contributed by atoms with Gasteiger partial charge in [0.15, 0.2) is 0 Å². The second-order valence-electron chi connectivity index (χ2n) is 4.80. The molecule has 1 aromatic rings. The highest BCUT2D eigenvalue weighted by atomic mass is 19.1. The van der Waals surface area contributed by atoms with Crippen LogP contribution in [0.3, 0.4) is 0 Å². The Labute approximate surface area is 95.7 Å². The van der Waals surface area contributed by atoms with Crippen LogP contribution >= 0.6 is 0 Å². The molecule has 3 heteroatoms. The largest absolute Gasteiger partial charge is 0.389 e. The maximum Gasteiger partial charge on any atom is 0.126 e. The van der Waals surface area contributed by atoms with E-state index in [1.165, 1.54) is 6.07 Å². The maximum absolute atomic E-state index is 13.5. The van der Waals surface area contributed by atoms with Gasteiger partial charge < -0.3 is 10.0 Å². The Bertz CT molecular complexity index is 359. The van der Waals surface area contributed by atoms with Crippen molar-refractivity contribution >= 4 is 0 Å². The molecule has 16 heavy (non-hydrogen) atoms. The van der Waals surface area contributed by atoms with E-state index in [4.69, 9.17) is 0 Å². The molecule has 1 aliphatic rings. The molecule has 0 amide bonds. The van der Waals surface area contributed by atoms with Crippen LogP contribution in [0.4, 0.5) is 4.39 Å². The Kier molecular flexibility index (Phi) is 3.26. The third kappa shape index (κ3) is 2.60. The van der Waals surface area contributed by atoms with Gasteiger partial charge in [-0.3, -0.25) is 0 Å². The number of benzene rings is 1. The van der Waals surface area contributed by atoms with Crippen LogP contribution in [-0.4, -0.2) is 35.7 Å². The van der Waals surface area contributed by atoms with E-state index in [1.807, 2.05) is 13.1 Å². The number of halogens is 1. The number of piperidine rings is 1. The summed E-state index contributed by atoms with van der Waals surface area (Å²) in [4.78, 5) is 2.19. The molecule has 2 nitrogen and oxygen atoms in total. The Morgan fingerprint density at radius 3 is 2.56 bits per heavy atom. The maximum atomic E-state index is 13.5. The van der Waals surface area contributed by atoms with E-state index in [9.17, 15) is 9.50 Å². The minimum Gasteiger partial charge on any atom is -0.389 e. The zero-order valence-electron chi connectivity index (χ0n) is 9.62. The minimum absolute atomic E-state index is 0.213. The van der Waals surface area contributed by atoms with E-state index in [0.717, 1.165) is 25.9 Å². The molecule has 0 unspecified atom stereocenters. The molecule has 0 atom stereocenters. The van der Waals surface area contributed by atoms with Crippen molar-refractivity contribution in [2.45, 2.75) is 24.9 Å². The fourth-order valence-electron chi connectivity index (χ4n) is 2.21. The van der Waals surface area contributed by atoms with Gasteiger partial charge in [-0.25, -0.2) is 4.39 Å². The van der Waals surface area contributed by atoms with Gasteiger partial charge in [-0.15, -0.1) is 0 Å². The first-order chi connectivity index (χ1) is 7.59. The zero-order valence-corrected chi connectivity index (χ0v) is 9.62. The van der Waals surface area contributed by atoms with Gasteiger partial charge in [0.2, 0.25) is 0 Å². The lowest BCUT2D eigenvalue weighted by Crippen LogP contribution is -2.44. The van der Waals surface area contributed by atoms with E-state index in [-0.39, 0.29) is 5.82 Å². The van der Waals surface area contributed by atoms with E-state index in [0.29, 0.717) is 12.0 Å². The van der Waals surface area contributed by atoms with Crippen molar-refractivity contribution in [1.29, 1.82) is 0 Å². The molecule has 2 rings (SSSR count). The second-order valence-corrected chi connectivity index (χ2v) is 4.80. The fraction of sp³-hybridized carbons (Fsp3) is 0.538. The standard InChI is InChI=1S/C13H18FNO/c1-15-8-6-13(16,7-9-15)10-11-4-2-3-5-12(11)14/h2-5,16H,6-10H2,1H3. The van der Waals surface area contributed by atoms with Gasteiger partial charge in [-0.1, -0.05) is 18.2 Å². The molecule has 1 aliphatic heterocycles. The zero-order chi connectivity index (χ0) is 11.6. The van der Waals surface area contributed by atoms with Crippen LogP contribution in [0.1, 0.15) is 18.4 Å². The van der Waals surface area contributed by atoms with Crippen molar-refractivity contribution in [3.8, 4) is 0 Å². The summed E-state index contributed by atoms with van der Waals surface area (Å²) in [5, 5.41) is 10.4. The third-order valence-corrected chi connectivity index (χ3v) is 3.40. The first-order valence-corrected chi connectivity index (χ1v) is 5.73. The van der Waals surface area contributed by atoms with E-state index in [2.05, 4.69) is 4.90 Å². The highest BCUT2D eigenvalue weighted by molar-refractivity contribution is 5.19. The highest BCUT2D eigenvalue weighted by Gasteiger charge is 2.31. The Hall–Kier alpha value is -0.930. The summed E-state index contributed by atoms with van der Waals surface area (Å²) in [5.74, 6) is -0.213. The SMILES string of the molecule is CN1CCC(O)(Cc2ccccc2F)CC1. The van der Waals surface area contributed by atoms with Crippen molar-refractivity contribution < 1.29 is 9.50 Å². The normalized spacial score (nSPS) is 20.9. The van der Waals surface area contributed by atoms with Crippen molar-refractivity contribution in [2.24, 2.45) is 0 Å². The van der Waals surface area contributed by atoms with Crippen LogP contribution in [0.5, 0.6) is 0 Å². The van der Waals surface area contributed by atoms with Crippen LogP contribution in [0, 0.1) is 5.82 Å². The van der Waals surface area contributed by atoms with Crippen LogP contribution in [0.25, 0.3) is 0 Å². The van der Waals surface area contributed by atoms with Crippen molar-refractivity contribution in [3.63, 3.8) is 0 Å². The topological polar surface area (TPSA) is 23.5 Å². The third-order valence-electron chi connectivity index (χ3n) is 3.40. The molecular weight excluding hydrogens is 205 g/mol. The molecule has 1 heterocycles. The number of hydrogen-bond acceptors (Lipinski definition) is 2. The number of likely N-dealkylation sites (tertiary alicyclic amines) is 1. The number of nitrogens with zero attached hydrogens (tertiary/aromatic N) is 1. The highest BCUT2D eigenvalue weighted by Crippen LogP contribution is 2.26. The molecule has 1 saturated heterocycles. The molecule has 0 spiro atoms. The van der Waals surface area contributed by atoms with Crippen LogP contribution in [0.2, 0.25) is 0 Å². The Morgan fingerprint density at radius 1 is 1.31 bits per heavy atom. The molecular formula is C13H18FNO. The molecule has 88 valence electrons. The minimum atomic E-state index is -0.727. The molecule has 0 aliphatic carbocycles. The van der Waals surface area contributed by atoms with Crippen molar-refractivity contribution in [2.75, 3.05) is 20.1 Å². The van der Waals surface area contributed by atoms with Gasteiger partial charge >= 0.3 is 0 Å². The predicted octanol–water partition coefficient (Wildman–Crippen LogP) is 1.82. The summed E-state index contributed by atoms with van der Waals surface area (Å²) < 4.78 is 13.5. The smallest absolute Gasteiger partial charge is 0.126 e. The van der Waals surface area contributed by atoms with Crippen molar-refractivity contribution in [3.05, 3.63) is 35.6 Å². The lowest BCUT2D eigenvalue weighted by molar-refractivity contribution is -0.0156. The van der Waals surface area contributed by atoms with Gasteiger partial charge in [0, 0.05) is 19.5 Å². The summed E-state index contributed by atoms with van der Waals surface area (Å²) in [6.45, 7) is 1.76. The molecule has 0 saturated carbocycles. The van der Waals surface area contributed by atoms with Crippen LogP contribution < -0.4 is 0 Å². The Balaban J connectivity index is 2.07. The summed E-state index contributed by atoms with van der Waals surface area (Å²) in [6.07, 6.45) is 1.86. The van der Waals surface area contributed by atoms with E-state index >= 15 is 0 Å². The van der Waals surface area contributed by atoms with Gasteiger partial charge in [-0.2, -0.15) is 0 Å². The Morgan fingerprint density at radius 2 is 1.94 bits per heavy atom. The lowest BCUT2D eigenvalue weighted by Gasteiger charge is -2.36. The summed E-state index contributed by atoms with van der Waals surface area (Å²) >= 11 is 0. The van der Waals surface area contributed by atoms with E-state index in [1.54, 1.807) is 12.1 Å². The summed E-state index contributed by atoms with van der Waals surface area (Å²) in [5.41, 5.74) is -0.108. The van der Waals surface area contributed by atoms with E-state index < -0.39 is 5.60 Å². The molecule has 0 radical (unpaired) electrons. The monoisotopic (exact) mass is 223 g/mol. The van der Waals surface area contributed by atoms with Gasteiger partial charge in [0.1, 0.15) is 5.82 Å². The number of aliphatic hydroxyl groups is 1. The fourth-order valence-corrected chi connectivity index (χ4v) is 2.21. The average molecular weight is 223 g/mol. The second kappa shape index (κ2) is 4.52. The molecule has 0 bridgehead atoms. The molecule has 0 aromatic heterocycles. The summed E-state index contributed by atoms with van der Waals surface area (Å²) in [6, 6.07) is 6.70. The van der Waals surface area contributed by atoms with Crippen LogP contribution in [-0.2, 0) is 6.42 Å².